The summed E-state index contributed by atoms with van der Waals surface area (Å²) in [6.07, 6.45) is 7.63. The van der Waals surface area contributed by atoms with Crippen LogP contribution in [0.3, 0.4) is 0 Å². The maximum absolute atomic E-state index is 2.19. The van der Waals surface area contributed by atoms with E-state index in [0.717, 1.165) is 0 Å². The van der Waals surface area contributed by atoms with Gasteiger partial charge in [0.15, 0.2) is 0 Å². The van der Waals surface area contributed by atoms with Crippen LogP contribution in [0.5, 0.6) is 0 Å². The first-order valence-electron chi connectivity index (χ1n) is 2.52. The van der Waals surface area contributed by atoms with Gasteiger partial charge in [-0.2, -0.15) is 11.8 Å². The van der Waals surface area contributed by atoms with E-state index in [4.69, 9.17) is 0 Å². The fourth-order valence-electron chi connectivity index (χ4n) is 0.353. The molecule has 0 rings (SSSR count). The van der Waals surface area contributed by atoms with Crippen molar-refractivity contribution in [2.24, 2.45) is 0 Å². The van der Waals surface area contributed by atoms with Crippen LogP contribution in [0.1, 0.15) is 13.3 Å². The van der Waals surface area contributed by atoms with E-state index in [1.807, 2.05) is 11.8 Å². The molecule has 7 heavy (non-hydrogen) atoms. The third-order valence-electron chi connectivity index (χ3n) is 0.724. The average Bonchev–Trinajstić information content (AvgIpc) is 1.69. The van der Waals surface area contributed by atoms with Crippen molar-refractivity contribution in [3.63, 3.8) is 0 Å². The second-order valence-electron chi connectivity index (χ2n) is 1.35. The van der Waals surface area contributed by atoms with Crippen LogP contribution in [-0.4, -0.2) is 12.0 Å². The van der Waals surface area contributed by atoms with E-state index in [1.165, 1.54) is 12.2 Å². The molecule has 0 radical (unpaired) electrons. The Bertz CT molecular complexity index is 48.1. The molecule has 0 saturated heterocycles. The van der Waals surface area contributed by atoms with Gasteiger partial charge in [0.25, 0.3) is 0 Å². The van der Waals surface area contributed by atoms with Crippen LogP contribution < -0.4 is 0 Å². The molecule has 0 aromatic rings. The zero-order valence-corrected chi connectivity index (χ0v) is 5.79. The molecule has 0 nitrogen and oxygen atoms in total. The van der Waals surface area contributed by atoms with Crippen LogP contribution in [-0.2, 0) is 0 Å². The van der Waals surface area contributed by atoms with Gasteiger partial charge in [0, 0.05) is 0 Å². The average molecular weight is 116 g/mol. The lowest BCUT2D eigenvalue weighted by molar-refractivity contribution is 1.24. The van der Waals surface area contributed by atoms with Gasteiger partial charge in [0.1, 0.15) is 0 Å². The largest absolute Gasteiger partial charge is 0.165 e. The standard InChI is InChI=1S/C6H12S/c1-3-4-5-6-7-2/h3-4H,5-6H2,1-2H3/b4-3-. The highest BCUT2D eigenvalue weighted by Crippen LogP contribution is 1.94. The molecule has 0 N–H and O–H groups in total. The predicted molar refractivity (Wildman–Crippen MR) is 37.8 cm³/mol. The zero-order valence-electron chi connectivity index (χ0n) is 4.98. The Kier molecular flexibility index (Phi) is 6.17. The Balaban J connectivity index is 2.69. The summed E-state index contributed by atoms with van der Waals surface area (Å²) in [5.41, 5.74) is 0. The highest BCUT2D eigenvalue weighted by Gasteiger charge is 1.72. The molecule has 0 atom stereocenters. The molecule has 0 amide bonds. The summed E-state index contributed by atoms with van der Waals surface area (Å²) in [7, 11) is 0. The van der Waals surface area contributed by atoms with E-state index in [-0.39, 0.29) is 0 Å². The summed E-state index contributed by atoms with van der Waals surface area (Å²) in [5, 5.41) is 0. The van der Waals surface area contributed by atoms with Crippen LogP contribution >= 0.6 is 11.8 Å². The third kappa shape index (κ3) is 6.09. The number of hydrogen-bond donors (Lipinski definition) is 0. The minimum Gasteiger partial charge on any atom is -0.165 e. The maximum atomic E-state index is 2.19. The first-order chi connectivity index (χ1) is 3.41. The van der Waals surface area contributed by atoms with Crippen LogP contribution in [0, 0.1) is 0 Å². The smallest absolute Gasteiger partial charge is 0.00357 e. The van der Waals surface area contributed by atoms with Crippen molar-refractivity contribution in [1.82, 2.24) is 0 Å². The minimum atomic E-state index is 1.22. The number of thioether (sulfide) groups is 1. The molecule has 0 saturated carbocycles. The summed E-state index contributed by atoms with van der Waals surface area (Å²) in [6.45, 7) is 2.06. The second kappa shape index (κ2) is 6.09. The minimum absolute atomic E-state index is 1.22. The summed E-state index contributed by atoms with van der Waals surface area (Å²) in [5.74, 6) is 1.25. The molecule has 0 aromatic carbocycles. The molecule has 0 aromatic heterocycles. The monoisotopic (exact) mass is 116 g/mol. The van der Waals surface area contributed by atoms with Crippen molar-refractivity contribution in [2.45, 2.75) is 13.3 Å². The molecule has 0 unspecified atom stereocenters. The van der Waals surface area contributed by atoms with E-state index in [2.05, 4.69) is 25.3 Å². The zero-order chi connectivity index (χ0) is 5.54. The Morgan fingerprint density at radius 2 is 2.29 bits per heavy atom. The molecule has 0 spiro atoms. The van der Waals surface area contributed by atoms with Gasteiger partial charge in [-0.1, -0.05) is 12.2 Å². The molecular formula is C6H12S. The first kappa shape index (κ1) is 7.09. The normalized spacial score (nSPS) is 10.6. The van der Waals surface area contributed by atoms with Crippen molar-refractivity contribution in [1.29, 1.82) is 0 Å². The topological polar surface area (TPSA) is 0 Å². The number of allylic oxidation sites excluding steroid dienone is 2. The van der Waals surface area contributed by atoms with Gasteiger partial charge in [-0.05, 0) is 25.4 Å². The Morgan fingerprint density at radius 1 is 1.57 bits per heavy atom. The van der Waals surface area contributed by atoms with E-state index in [9.17, 15) is 0 Å². The lowest BCUT2D eigenvalue weighted by Crippen LogP contribution is -1.68. The fourth-order valence-corrected chi connectivity index (χ4v) is 0.724. The highest BCUT2D eigenvalue weighted by molar-refractivity contribution is 7.98. The molecule has 0 aliphatic heterocycles. The number of hydrogen-bond acceptors (Lipinski definition) is 1. The molecule has 42 valence electrons. The van der Waals surface area contributed by atoms with E-state index < -0.39 is 0 Å². The molecule has 1 heteroatoms. The Morgan fingerprint density at radius 3 is 2.71 bits per heavy atom. The summed E-state index contributed by atoms with van der Waals surface area (Å²) in [4.78, 5) is 0. The van der Waals surface area contributed by atoms with Crippen LogP contribution in [0.15, 0.2) is 12.2 Å². The van der Waals surface area contributed by atoms with Gasteiger partial charge in [-0.3, -0.25) is 0 Å². The van der Waals surface area contributed by atoms with Gasteiger partial charge in [-0.15, -0.1) is 0 Å². The maximum Gasteiger partial charge on any atom is -0.00357 e. The SMILES string of the molecule is C/C=C\CCSC. The summed E-state index contributed by atoms with van der Waals surface area (Å²) >= 11 is 1.89. The quantitative estimate of drug-likeness (QED) is 0.403. The molecule has 0 fully saturated rings. The van der Waals surface area contributed by atoms with E-state index in [1.54, 1.807) is 0 Å². The second-order valence-corrected chi connectivity index (χ2v) is 2.34. The van der Waals surface area contributed by atoms with E-state index in [0.29, 0.717) is 0 Å². The third-order valence-corrected chi connectivity index (χ3v) is 1.37. The van der Waals surface area contributed by atoms with Gasteiger partial charge in [0.2, 0.25) is 0 Å². The van der Waals surface area contributed by atoms with Crippen molar-refractivity contribution in [3.05, 3.63) is 12.2 Å². The van der Waals surface area contributed by atoms with Gasteiger partial charge >= 0.3 is 0 Å². The highest BCUT2D eigenvalue weighted by atomic mass is 32.2. The Labute approximate surface area is 50.0 Å². The molecule has 0 aliphatic carbocycles. The molecule has 0 heterocycles. The predicted octanol–water partition coefficient (Wildman–Crippen LogP) is 2.32. The molecule has 0 bridgehead atoms. The van der Waals surface area contributed by atoms with Gasteiger partial charge in [0.05, 0.1) is 0 Å². The first-order valence-corrected chi connectivity index (χ1v) is 3.91. The Hall–Kier alpha value is 0.0900. The van der Waals surface area contributed by atoms with Crippen molar-refractivity contribution in [2.75, 3.05) is 12.0 Å². The van der Waals surface area contributed by atoms with E-state index >= 15 is 0 Å². The van der Waals surface area contributed by atoms with Crippen molar-refractivity contribution < 1.29 is 0 Å². The van der Waals surface area contributed by atoms with Crippen LogP contribution in [0.25, 0.3) is 0 Å². The van der Waals surface area contributed by atoms with Crippen molar-refractivity contribution >= 4 is 11.8 Å². The lowest BCUT2D eigenvalue weighted by Gasteiger charge is -1.84. The van der Waals surface area contributed by atoms with Gasteiger partial charge in [-0.25, -0.2) is 0 Å². The fraction of sp³-hybridized carbons (Fsp3) is 0.667. The molecular weight excluding hydrogens is 104 g/mol. The lowest BCUT2D eigenvalue weighted by atomic mass is 10.4. The summed E-state index contributed by atoms with van der Waals surface area (Å²) in [6, 6.07) is 0. The molecule has 0 aliphatic rings. The van der Waals surface area contributed by atoms with Crippen LogP contribution in [0.2, 0.25) is 0 Å². The van der Waals surface area contributed by atoms with Gasteiger partial charge < -0.3 is 0 Å². The summed E-state index contributed by atoms with van der Waals surface area (Å²) < 4.78 is 0. The van der Waals surface area contributed by atoms with Crippen molar-refractivity contribution in [3.8, 4) is 0 Å². The van der Waals surface area contributed by atoms with Crippen LogP contribution in [0.4, 0.5) is 0 Å². The number of rotatable bonds is 3.